The number of allylic oxidation sites excluding steroid dienone is 12. The van der Waals surface area contributed by atoms with E-state index in [0.29, 0.717) is 25.8 Å². The van der Waals surface area contributed by atoms with Crippen LogP contribution in [-0.2, 0) is 14.4 Å². The van der Waals surface area contributed by atoms with E-state index in [-0.39, 0.29) is 23.6 Å². The third kappa shape index (κ3) is 19.6. The van der Waals surface area contributed by atoms with Crippen LogP contribution in [0.5, 0.6) is 5.75 Å². The number of hydrogen-bond donors (Lipinski definition) is 3. The lowest BCUT2D eigenvalue weighted by Crippen LogP contribution is -2.41. The highest BCUT2D eigenvalue weighted by atomic mass is 16.5. The van der Waals surface area contributed by atoms with E-state index in [9.17, 15) is 24.3 Å². The van der Waals surface area contributed by atoms with Gasteiger partial charge in [0.25, 0.3) is 5.91 Å². The first-order valence-corrected chi connectivity index (χ1v) is 15.3. The van der Waals surface area contributed by atoms with Crippen LogP contribution in [0.15, 0.2) is 97.2 Å². The lowest BCUT2D eigenvalue weighted by molar-refractivity contribution is -0.139. The summed E-state index contributed by atoms with van der Waals surface area (Å²) in [5.41, 5.74) is 0.0663. The number of amides is 2. The van der Waals surface area contributed by atoms with Gasteiger partial charge in [-0.2, -0.15) is 0 Å². The van der Waals surface area contributed by atoms with Crippen LogP contribution in [0, 0.1) is 0 Å². The van der Waals surface area contributed by atoms with Crippen molar-refractivity contribution < 1.29 is 29.0 Å². The van der Waals surface area contributed by atoms with Gasteiger partial charge >= 0.3 is 11.9 Å². The van der Waals surface area contributed by atoms with Gasteiger partial charge in [-0.05, 0) is 69.9 Å². The number of nitrogens with one attached hydrogen (secondary N) is 2. The molecule has 0 aliphatic heterocycles. The molecule has 2 amide bonds. The summed E-state index contributed by atoms with van der Waals surface area (Å²) >= 11 is 0. The molecule has 0 heterocycles. The number of aliphatic carboxylic acids is 1. The second kappa shape index (κ2) is 25.1. The maximum Gasteiger partial charge on any atom is 0.326 e. The Kier molecular flexibility index (Phi) is 21.4. The summed E-state index contributed by atoms with van der Waals surface area (Å²) in [5, 5.41) is 14.8. The molecule has 3 N–H and O–H groups in total. The lowest BCUT2D eigenvalue weighted by atomic mass is 10.1. The Labute approximate surface area is 262 Å². The zero-order valence-electron chi connectivity index (χ0n) is 26.1. The summed E-state index contributed by atoms with van der Waals surface area (Å²) in [5.74, 6) is -2.49. The number of para-hydroxylation sites is 1. The predicted molar refractivity (Wildman–Crippen MR) is 176 cm³/mol. The van der Waals surface area contributed by atoms with E-state index < -0.39 is 23.9 Å². The van der Waals surface area contributed by atoms with Crippen LogP contribution in [0.1, 0.15) is 88.4 Å². The maximum absolute atomic E-state index is 12.6. The van der Waals surface area contributed by atoms with Crippen LogP contribution in [0.3, 0.4) is 0 Å². The molecule has 0 bridgehead atoms. The molecule has 1 unspecified atom stereocenters. The van der Waals surface area contributed by atoms with Gasteiger partial charge in [0, 0.05) is 19.9 Å². The molecule has 238 valence electrons. The van der Waals surface area contributed by atoms with Crippen molar-refractivity contribution in [3.63, 3.8) is 0 Å². The molecular weight excluding hydrogens is 556 g/mol. The Bertz CT molecular complexity index is 1190. The molecule has 0 aliphatic rings. The second-order valence-electron chi connectivity index (χ2n) is 9.90. The lowest BCUT2D eigenvalue weighted by Gasteiger charge is -2.16. The summed E-state index contributed by atoms with van der Waals surface area (Å²) in [7, 11) is 0. The number of hydrogen-bond acceptors (Lipinski definition) is 5. The zero-order valence-corrected chi connectivity index (χ0v) is 26.1. The van der Waals surface area contributed by atoms with Crippen molar-refractivity contribution in [3.05, 3.63) is 103 Å². The molecule has 44 heavy (non-hydrogen) atoms. The Hall–Kier alpha value is -4.46. The molecule has 8 heteroatoms. The quantitative estimate of drug-likeness (QED) is 0.0558. The molecule has 0 aromatic heterocycles. The topological polar surface area (TPSA) is 122 Å². The first-order chi connectivity index (χ1) is 21.3. The molecule has 0 fully saturated rings. The number of ether oxygens (including phenoxy) is 1. The molecule has 8 nitrogen and oxygen atoms in total. The van der Waals surface area contributed by atoms with E-state index in [2.05, 4.69) is 78.3 Å². The highest BCUT2D eigenvalue weighted by Gasteiger charge is 2.22. The average Bonchev–Trinajstić information content (AvgIpc) is 2.99. The van der Waals surface area contributed by atoms with E-state index in [1.54, 1.807) is 12.1 Å². The Balaban J connectivity index is 2.18. The number of carbonyl (C=O) groups is 4. The second-order valence-corrected chi connectivity index (χ2v) is 9.90. The van der Waals surface area contributed by atoms with Crippen LogP contribution >= 0.6 is 0 Å². The van der Waals surface area contributed by atoms with Gasteiger partial charge in [0.05, 0.1) is 5.56 Å². The fourth-order valence-corrected chi connectivity index (χ4v) is 3.87. The zero-order chi connectivity index (χ0) is 32.3. The molecule has 0 saturated carbocycles. The number of benzene rings is 1. The number of carboxylic acids is 1. The van der Waals surface area contributed by atoms with Crippen LogP contribution in [0.4, 0.5) is 0 Å². The minimum Gasteiger partial charge on any atom is -0.480 e. The average molecular weight is 605 g/mol. The number of carboxylic acid groups (broad SMARTS) is 1. The Morgan fingerprint density at radius 1 is 0.795 bits per heavy atom. The van der Waals surface area contributed by atoms with Gasteiger partial charge in [0.1, 0.15) is 11.8 Å². The summed E-state index contributed by atoms with van der Waals surface area (Å²) in [6.45, 7) is 3.65. The third-order valence-corrected chi connectivity index (χ3v) is 6.12. The van der Waals surface area contributed by atoms with Crippen molar-refractivity contribution in [3.8, 4) is 5.75 Å². The van der Waals surface area contributed by atoms with Gasteiger partial charge in [-0.3, -0.25) is 14.4 Å². The summed E-state index contributed by atoms with van der Waals surface area (Å²) in [6.07, 6.45) is 32.8. The van der Waals surface area contributed by atoms with E-state index in [0.717, 1.165) is 38.5 Å². The monoisotopic (exact) mass is 604 g/mol. The van der Waals surface area contributed by atoms with Crippen molar-refractivity contribution in [2.45, 2.75) is 84.1 Å². The Morgan fingerprint density at radius 2 is 1.32 bits per heavy atom. The summed E-state index contributed by atoms with van der Waals surface area (Å²) in [6, 6.07) is 4.96. The van der Waals surface area contributed by atoms with E-state index in [1.807, 2.05) is 12.2 Å². The molecule has 0 aliphatic carbocycles. The van der Waals surface area contributed by atoms with Crippen molar-refractivity contribution in [2.24, 2.45) is 0 Å². The predicted octanol–water partition coefficient (Wildman–Crippen LogP) is 7.17. The highest BCUT2D eigenvalue weighted by Crippen LogP contribution is 2.18. The van der Waals surface area contributed by atoms with E-state index >= 15 is 0 Å². The van der Waals surface area contributed by atoms with Crippen LogP contribution < -0.4 is 15.4 Å². The van der Waals surface area contributed by atoms with Crippen LogP contribution in [0.25, 0.3) is 0 Å². The summed E-state index contributed by atoms with van der Waals surface area (Å²) < 4.78 is 5.03. The van der Waals surface area contributed by atoms with E-state index in [1.165, 1.54) is 19.1 Å². The standard InChI is InChI=1S/C36H48N2O6/c1-3-4-5-6-7-8-9-10-11-12-13-14-15-16-17-18-19-20-21-28-34(40)37-29-24-26-32(36(42)43)38-35(41)31-25-22-23-27-33(31)44-30(2)39/h4-5,7-8,10-11,13-14,16-17,19-20,22-23,25,27,32H,3,6,9,12,15,18,21,24,26,28-29H2,1-2H3,(H,37,40)(H,38,41)(H,42,43)/b5-4-,8-7-,11-10-,14-13-,17-16-,20-19-. The number of esters is 1. The molecule has 1 aromatic rings. The van der Waals surface area contributed by atoms with Gasteiger partial charge in [0.2, 0.25) is 5.91 Å². The molecular formula is C36H48N2O6. The van der Waals surface area contributed by atoms with Crippen molar-refractivity contribution in [1.29, 1.82) is 0 Å². The number of rotatable bonds is 22. The first kappa shape index (κ1) is 37.6. The molecule has 0 saturated heterocycles. The van der Waals surface area contributed by atoms with Crippen molar-refractivity contribution >= 4 is 23.8 Å². The van der Waals surface area contributed by atoms with Gasteiger partial charge in [0.15, 0.2) is 0 Å². The fraction of sp³-hybridized carbons (Fsp3) is 0.389. The maximum atomic E-state index is 12.6. The summed E-state index contributed by atoms with van der Waals surface area (Å²) in [4.78, 5) is 47.6. The van der Waals surface area contributed by atoms with Crippen LogP contribution in [-0.4, -0.2) is 41.4 Å². The van der Waals surface area contributed by atoms with Crippen molar-refractivity contribution in [1.82, 2.24) is 10.6 Å². The number of carbonyl (C=O) groups excluding carboxylic acids is 3. The minimum atomic E-state index is -1.19. The van der Waals surface area contributed by atoms with Gasteiger partial charge in [-0.25, -0.2) is 4.79 Å². The molecule has 1 atom stereocenters. The third-order valence-electron chi connectivity index (χ3n) is 6.12. The smallest absolute Gasteiger partial charge is 0.326 e. The first-order valence-electron chi connectivity index (χ1n) is 15.3. The molecule has 0 radical (unpaired) electrons. The fourth-order valence-electron chi connectivity index (χ4n) is 3.87. The van der Waals surface area contributed by atoms with Crippen molar-refractivity contribution in [2.75, 3.05) is 6.54 Å². The molecule has 0 spiro atoms. The Morgan fingerprint density at radius 3 is 1.84 bits per heavy atom. The normalized spacial score (nSPS) is 12.7. The van der Waals surface area contributed by atoms with Gasteiger partial charge in [-0.15, -0.1) is 0 Å². The minimum absolute atomic E-state index is 0.0563. The molecule has 1 rings (SSSR count). The molecule has 1 aromatic carbocycles. The highest BCUT2D eigenvalue weighted by molar-refractivity contribution is 5.99. The van der Waals surface area contributed by atoms with E-state index in [4.69, 9.17) is 4.74 Å². The van der Waals surface area contributed by atoms with Gasteiger partial charge in [-0.1, -0.05) is 92.0 Å². The largest absolute Gasteiger partial charge is 0.480 e. The van der Waals surface area contributed by atoms with Crippen LogP contribution in [0.2, 0.25) is 0 Å². The SMILES string of the molecule is CC/C=C\C/C=C\C/C=C\C/C=C\C/C=C\C/C=C\CCC(=O)NCCCC(NC(=O)c1ccccc1OC(C)=O)C(=O)O. The van der Waals surface area contributed by atoms with Gasteiger partial charge < -0.3 is 20.5 Å².